The van der Waals surface area contributed by atoms with Crippen molar-refractivity contribution in [3.8, 4) is 0 Å². The molecule has 5 heteroatoms. The summed E-state index contributed by atoms with van der Waals surface area (Å²) in [4.78, 5) is 11.4. The van der Waals surface area contributed by atoms with Crippen LogP contribution in [0.2, 0.25) is 0 Å². The molecule has 1 heterocycles. The maximum absolute atomic E-state index is 13.4. The van der Waals surface area contributed by atoms with E-state index in [0.717, 1.165) is 0 Å². The highest BCUT2D eigenvalue weighted by atomic mass is 79.9. The summed E-state index contributed by atoms with van der Waals surface area (Å²) in [5.74, 6) is -0.277. The van der Waals surface area contributed by atoms with Crippen molar-refractivity contribution in [3.05, 3.63) is 62.7 Å². The molecule has 2 rings (SSSR count). The second-order valence-electron chi connectivity index (χ2n) is 3.65. The smallest absolute Gasteiger partial charge is 0.218 e. The molecule has 0 saturated heterocycles. The Morgan fingerprint density at radius 1 is 1.29 bits per heavy atom. The van der Waals surface area contributed by atoms with Crippen LogP contribution < -0.4 is 11.2 Å². The number of nitrogen functional groups attached to an aromatic ring is 1. The van der Waals surface area contributed by atoms with Crippen LogP contribution in [-0.4, -0.2) is 4.57 Å². The first-order valence-corrected chi connectivity index (χ1v) is 5.75. The fourth-order valence-electron chi connectivity index (χ4n) is 1.53. The minimum absolute atomic E-state index is 0.135. The van der Waals surface area contributed by atoms with E-state index in [1.54, 1.807) is 29.0 Å². The molecule has 0 spiro atoms. The van der Waals surface area contributed by atoms with Gasteiger partial charge in [0.25, 0.3) is 0 Å². The largest absolute Gasteiger partial charge is 0.394 e. The van der Waals surface area contributed by atoms with Gasteiger partial charge < -0.3 is 10.3 Å². The van der Waals surface area contributed by atoms with Crippen LogP contribution in [-0.2, 0) is 6.54 Å². The molecule has 0 saturated carbocycles. The fourth-order valence-corrected chi connectivity index (χ4v) is 2.02. The van der Waals surface area contributed by atoms with E-state index >= 15 is 0 Å². The number of nitrogens with two attached hydrogens (primary N) is 1. The van der Waals surface area contributed by atoms with E-state index in [4.69, 9.17) is 5.73 Å². The number of hydrogen-bond acceptors (Lipinski definition) is 2. The maximum Gasteiger partial charge on any atom is 0.218 e. The van der Waals surface area contributed by atoms with Gasteiger partial charge >= 0.3 is 0 Å². The molecule has 0 aliphatic heterocycles. The summed E-state index contributed by atoms with van der Waals surface area (Å²) in [6.45, 7) is 0.329. The van der Waals surface area contributed by atoms with E-state index in [9.17, 15) is 9.18 Å². The van der Waals surface area contributed by atoms with Crippen molar-refractivity contribution in [3.63, 3.8) is 0 Å². The van der Waals surface area contributed by atoms with Gasteiger partial charge in [-0.3, -0.25) is 4.79 Å². The van der Waals surface area contributed by atoms with Gasteiger partial charge in [-0.25, -0.2) is 4.39 Å². The van der Waals surface area contributed by atoms with Crippen LogP contribution in [0.4, 0.5) is 10.1 Å². The molecular weight excluding hydrogens is 287 g/mol. The average molecular weight is 297 g/mol. The van der Waals surface area contributed by atoms with Crippen molar-refractivity contribution >= 4 is 21.6 Å². The molecule has 0 bridgehead atoms. The Balaban J connectivity index is 2.38. The number of anilines is 1. The molecule has 0 radical (unpaired) electrons. The van der Waals surface area contributed by atoms with Crippen LogP contribution >= 0.6 is 15.9 Å². The molecule has 0 aliphatic rings. The molecule has 0 aliphatic carbocycles. The number of hydrogen-bond donors (Lipinski definition) is 1. The number of nitrogens with zero attached hydrogens (tertiary/aromatic N) is 1. The topological polar surface area (TPSA) is 48.0 Å². The van der Waals surface area contributed by atoms with E-state index in [1.807, 2.05) is 0 Å². The van der Waals surface area contributed by atoms with Crippen molar-refractivity contribution in [2.45, 2.75) is 6.54 Å². The number of rotatable bonds is 2. The molecular formula is C12H10BrFN2O. The number of halogens is 2. The standard InChI is InChI=1S/C12H10BrFN2O/c13-9-6-16(7-11(15)12(9)17)5-8-3-1-2-4-10(8)14/h1-4,6-7H,5,15H2. The Bertz CT molecular complexity index is 583. The Hall–Kier alpha value is -1.62. The van der Waals surface area contributed by atoms with Gasteiger partial charge in [-0.15, -0.1) is 0 Å². The average Bonchev–Trinajstić information content (AvgIpc) is 2.29. The lowest BCUT2D eigenvalue weighted by Gasteiger charge is -2.09. The Labute approximate surface area is 106 Å². The molecule has 3 nitrogen and oxygen atoms in total. The number of benzene rings is 1. The minimum Gasteiger partial charge on any atom is -0.394 e. The van der Waals surface area contributed by atoms with Crippen LogP contribution in [0.1, 0.15) is 5.56 Å². The third-order valence-electron chi connectivity index (χ3n) is 2.37. The van der Waals surface area contributed by atoms with Crippen LogP contribution in [0.3, 0.4) is 0 Å². The Morgan fingerprint density at radius 3 is 2.65 bits per heavy atom. The molecule has 0 amide bonds. The number of pyridine rings is 1. The van der Waals surface area contributed by atoms with Crippen molar-refractivity contribution < 1.29 is 4.39 Å². The maximum atomic E-state index is 13.4. The van der Waals surface area contributed by atoms with E-state index in [0.29, 0.717) is 16.6 Å². The van der Waals surface area contributed by atoms with Gasteiger partial charge in [0.05, 0.1) is 16.7 Å². The van der Waals surface area contributed by atoms with E-state index in [-0.39, 0.29) is 16.9 Å². The summed E-state index contributed by atoms with van der Waals surface area (Å²) >= 11 is 3.12. The highest BCUT2D eigenvalue weighted by molar-refractivity contribution is 9.10. The Morgan fingerprint density at radius 2 is 2.00 bits per heavy atom. The van der Waals surface area contributed by atoms with Gasteiger partial charge in [0.1, 0.15) is 5.82 Å². The second-order valence-corrected chi connectivity index (χ2v) is 4.51. The monoisotopic (exact) mass is 296 g/mol. The van der Waals surface area contributed by atoms with Crippen LogP contribution in [0.15, 0.2) is 45.9 Å². The summed E-state index contributed by atoms with van der Waals surface area (Å²) < 4.78 is 15.5. The van der Waals surface area contributed by atoms with Crippen LogP contribution in [0, 0.1) is 5.82 Å². The minimum atomic E-state index is -0.277. The van der Waals surface area contributed by atoms with Crippen molar-refractivity contribution in [1.29, 1.82) is 0 Å². The SMILES string of the molecule is Nc1cn(Cc2ccccc2F)cc(Br)c1=O. The zero-order chi connectivity index (χ0) is 12.4. The third-order valence-corrected chi connectivity index (χ3v) is 2.94. The van der Waals surface area contributed by atoms with Crippen molar-refractivity contribution in [2.24, 2.45) is 0 Å². The Kier molecular flexibility index (Phi) is 3.28. The summed E-state index contributed by atoms with van der Waals surface area (Å²) in [6, 6.07) is 6.49. The van der Waals surface area contributed by atoms with Crippen LogP contribution in [0.25, 0.3) is 0 Å². The van der Waals surface area contributed by atoms with Gasteiger partial charge in [0, 0.05) is 18.0 Å². The van der Waals surface area contributed by atoms with E-state index in [1.165, 1.54) is 12.3 Å². The van der Waals surface area contributed by atoms with Gasteiger partial charge in [0.2, 0.25) is 5.43 Å². The quantitative estimate of drug-likeness (QED) is 0.925. The first kappa shape index (κ1) is 11.9. The third kappa shape index (κ3) is 2.55. The lowest BCUT2D eigenvalue weighted by molar-refractivity contribution is 0.599. The lowest BCUT2D eigenvalue weighted by atomic mass is 10.2. The molecule has 0 atom stereocenters. The predicted molar refractivity (Wildman–Crippen MR) is 68.3 cm³/mol. The zero-order valence-corrected chi connectivity index (χ0v) is 10.4. The highest BCUT2D eigenvalue weighted by Crippen LogP contribution is 2.11. The summed E-state index contributed by atoms with van der Waals surface area (Å²) in [7, 11) is 0. The van der Waals surface area contributed by atoms with E-state index in [2.05, 4.69) is 15.9 Å². The summed E-state index contributed by atoms with van der Waals surface area (Å²) in [6.07, 6.45) is 3.09. The second kappa shape index (κ2) is 4.71. The molecule has 2 aromatic rings. The van der Waals surface area contributed by atoms with E-state index < -0.39 is 0 Å². The number of aromatic nitrogens is 1. The van der Waals surface area contributed by atoms with Crippen molar-refractivity contribution in [1.82, 2.24) is 4.57 Å². The first-order chi connectivity index (χ1) is 8.08. The molecule has 0 fully saturated rings. The molecule has 1 aromatic carbocycles. The zero-order valence-electron chi connectivity index (χ0n) is 8.86. The van der Waals surface area contributed by atoms with Crippen LogP contribution in [0.5, 0.6) is 0 Å². The predicted octanol–water partition coefficient (Wildman–Crippen LogP) is 2.38. The molecule has 88 valence electrons. The normalized spacial score (nSPS) is 10.5. The van der Waals surface area contributed by atoms with Gasteiger partial charge in [-0.1, -0.05) is 18.2 Å². The molecule has 0 unspecified atom stereocenters. The molecule has 2 N–H and O–H groups in total. The summed E-state index contributed by atoms with van der Waals surface area (Å²) in [5, 5.41) is 0. The fraction of sp³-hybridized carbons (Fsp3) is 0.0833. The van der Waals surface area contributed by atoms with Gasteiger partial charge in [-0.05, 0) is 22.0 Å². The first-order valence-electron chi connectivity index (χ1n) is 4.96. The molecule has 17 heavy (non-hydrogen) atoms. The highest BCUT2D eigenvalue weighted by Gasteiger charge is 2.05. The molecule has 1 aromatic heterocycles. The van der Waals surface area contributed by atoms with Gasteiger partial charge in [-0.2, -0.15) is 0 Å². The van der Waals surface area contributed by atoms with Gasteiger partial charge in [0.15, 0.2) is 0 Å². The summed E-state index contributed by atoms with van der Waals surface area (Å²) in [5.41, 5.74) is 5.98. The lowest BCUT2D eigenvalue weighted by Crippen LogP contribution is -2.13. The van der Waals surface area contributed by atoms with Crippen molar-refractivity contribution in [2.75, 3.05) is 5.73 Å².